The summed E-state index contributed by atoms with van der Waals surface area (Å²) >= 11 is 0. The Morgan fingerprint density at radius 1 is 1.09 bits per heavy atom. The number of halogens is 2. The van der Waals surface area contributed by atoms with Crippen LogP contribution in [-0.2, 0) is 6.54 Å². The van der Waals surface area contributed by atoms with Crippen molar-refractivity contribution in [3.8, 4) is 17.2 Å². The molecule has 174 valence electrons. The Hall–Kier alpha value is -2.87. The molecule has 32 heavy (non-hydrogen) atoms. The molecular formula is C24H32F2N4O2. The second-order valence-electron chi connectivity index (χ2n) is 7.70. The van der Waals surface area contributed by atoms with Crippen molar-refractivity contribution in [3.05, 3.63) is 54.1 Å². The van der Waals surface area contributed by atoms with E-state index in [4.69, 9.17) is 9.47 Å². The van der Waals surface area contributed by atoms with E-state index in [0.29, 0.717) is 31.1 Å². The molecular weight excluding hydrogens is 414 g/mol. The molecule has 0 aromatic heterocycles. The maximum Gasteiger partial charge on any atom is 0.251 e. The van der Waals surface area contributed by atoms with Crippen LogP contribution in [0.5, 0.6) is 17.2 Å². The van der Waals surface area contributed by atoms with E-state index in [-0.39, 0.29) is 12.6 Å². The highest BCUT2D eigenvalue weighted by molar-refractivity contribution is 5.80. The average Bonchev–Trinajstić information content (AvgIpc) is 2.80. The highest BCUT2D eigenvalue weighted by atomic mass is 19.3. The lowest BCUT2D eigenvalue weighted by molar-refractivity contribution is 0.0744. The second-order valence-corrected chi connectivity index (χ2v) is 7.70. The summed E-state index contributed by atoms with van der Waals surface area (Å²) in [5.74, 6) is 2.82. The topological polar surface area (TPSA) is 58.1 Å². The van der Waals surface area contributed by atoms with Gasteiger partial charge in [0.15, 0.2) is 17.5 Å². The molecule has 1 saturated heterocycles. The molecule has 0 aliphatic carbocycles. The highest BCUT2D eigenvalue weighted by Gasteiger charge is 2.21. The standard InChI is InChI=1S/C24H32F2N4O2/c1-3-27-24(29-19-12-14-30(15-13-19)17-23(25)26)28-16-18-8-10-20(11-9-18)32-22-7-5-4-6-21(22)31-2/h4-11,19,23H,3,12-17H2,1-2H3,(H2,27,28,29). The monoisotopic (exact) mass is 446 g/mol. The molecule has 0 amide bonds. The number of benzene rings is 2. The summed E-state index contributed by atoms with van der Waals surface area (Å²) in [6, 6.07) is 15.6. The number of para-hydroxylation sites is 2. The molecule has 2 N–H and O–H groups in total. The summed E-state index contributed by atoms with van der Waals surface area (Å²) in [6.07, 6.45) is -0.622. The van der Waals surface area contributed by atoms with E-state index >= 15 is 0 Å². The molecule has 1 fully saturated rings. The van der Waals surface area contributed by atoms with Crippen LogP contribution in [0.2, 0.25) is 0 Å². The third-order valence-corrected chi connectivity index (χ3v) is 5.31. The Balaban J connectivity index is 1.53. The minimum atomic E-state index is -2.27. The quantitative estimate of drug-likeness (QED) is 0.445. The number of ether oxygens (including phenoxy) is 2. The highest BCUT2D eigenvalue weighted by Crippen LogP contribution is 2.30. The molecule has 2 aromatic carbocycles. The van der Waals surface area contributed by atoms with Gasteiger partial charge < -0.3 is 20.1 Å². The van der Waals surface area contributed by atoms with E-state index in [1.807, 2.05) is 60.4 Å². The number of hydrogen-bond donors (Lipinski definition) is 2. The molecule has 6 nitrogen and oxygen atoms in total. The van der Waals surface area contributed by atoms with Crippen molar-refractivity contribution in [1.29, 1.82) is 0 Å². The summed E-state index contributed by atoms with van der Waals surface area (Å²) < 4.78 is 36.4. The maximum absolute atomic E-state index is 12.6. The summed E-state index contributed by atoms with van der Waals surface area (Å²) in [6.45, 7) is 4.50. The Morgan fingerprint density at radius 2 is 1.78 bits per heavy atom. The van der Waals surface area contributed by atoms with Crippen molar-refractivity contribution in [2.45, 2.75) is 38.8 Å². The lowest BCUT2D eigenvalue weighted by atomic mass is 10.1. The average molecular weight is 447 g/mol. The Morgan fingerprint density at radius 3 is 2.41 bits per heavy atom. The van der Waals surface area contributed by atoms with E-state index in [0.717, 1.165) is 36.7 Å². The lowest BCUT2D eigenvalue weighted by Crippen LogP contribution is -2.49. The predicted octanol–water partition coefficient (Wildman–Crippen LogP) is 4.27. The number of hydrogen-bond acceptors (Lipinski definition) is 4. The lowest BCUT2D eigenvalue weighted by Gasteiger charge is -2.32. The van der Waals surface area contributed by atoms with Crippen LogP contribution in [0.15, 0.2) is 53.5 Å². The second kappa shape index (κ2) is 12.2. The van der Waals surface area contributed by atoms with Crippen LogP contribution >= 0.6 is 0 Å². The third-order valence-electron chi connectivity index (χ3n) is 5.31. The molecule has 1 aliphatic heterocycles. The van der Waals surface area contributed by atoms with E-state index in [9.17, 15) is 8.78 Å². The van der Waals surface area contributed by atoms with E-state index in [1.54, 1.807) is 7.11 Å². The number of methoxy groups -OCH3 is 1. The van der Waals surface area contributed by atoms with Gasteiger partial charge in [0.05, 0.1) is 20.2 Å². The summed E-state index contributed by atoms with van der Waals surface area (Å²) in [4.78, 5) is 6.51. The van der Waals surface area contributed by atoms with Gasteiger partial charge in [-0.05, 0) is 49.6 Å². The molecule has 0 spiro atoms. The first-order valence-electron chi connectivity index (χ1n) is 11.0. The molecule has 0 saturated carbocycles. The number of likely N-dealkylation sites (tertiary alicyclic amines) is 1. The van der Waals surface area contributed by atoms with E-state index in [1.165, 1.54) is 0 Å². The summed E-state index contributed by atoms with van der Waals surface area (Å²) in [5.41, 5.74) is 1.06. The minimum Gasteiger partial charge on any atom is -0.493 e. The molecule has 1 aliphatic rings. The minimum absolute atomic E-state index is 0.141. The number of nitrogens with zero attached hydrogens (tertiary/aromatic N) is 2. The normalized spacial score (nSPS) is 15.6. The van der Waals surface area contributed by atoms with Crippen molar-refractivity contribution < 1.29 is 18.3 Å². The Kier molecular flexibility index (Phi) is 9.10. The van der Waals surface area contributed by atoms with Gasteiger partial charge in [0.25, 0.3) is 6.43 Å². The Bertz CT molecular complexity index is 853. The van der Waals surface area contributed by atoms with Crippen LogP contribution < -0.4 is 20.1 Å². The number of nitrogens with one attached hydrogen (secondary N) is 2. The molecule has 2 aromatic rings. The van der Waals surface area contributed by atoms with E-state index in [2.05, 4.69) is 15.6 Å². The predicted molar refractivity (Wildman–Crippen MR) is 123 cm³/mol. The number of guanidine groups is 1. The zero-order valence-corrected chi connectivity index (χ0v) is 18.7. The van der Waals surface area contributed by atoms with Gasteiger partial charge in [0.2, 0.25) is 0 Å². The van der Waals surface area contributed by atoms with Crippen molar-refractivity contribution in [2.24, 2.45) is 4.99 Å². The van der Waals surface area contributed by atoms with E-state index < -0.39 is 6.43 Å². The van der Waals surface area contributed by atoms with Gasteiger partial charge in [-0.3, -0.25) is 4.90 Å². The summed E-state index contributed by atoms with van der Waals surface area (Å²) in [7, 11) is 1.62. The molecule has 3 rings (SSSR count). The first kappa shape index (κ1) is 23.8. The first-order chi connectivity index (χ1) is 15.6. The third kappa shape index (κ3) is 7.37. The molecule has 1 heterocycles. The zero-order chi connectivity index (χ0) is 22.8. The van der Waals surface area contributed by atoms with Crippen LogP contribution in [0.4, 0.5) is 8.78 Å². The summed E-state index contributed by atoms with van der Waals surface area (Å²) in [5, 5.41) is 6.71. The molecule has 0 unspecified atom stereocenters. The fourth-order valence-corrected chi connectivity index (χ4v) is 3.63. The van der Waals surface area contributed by atoms with Crippen LogP contribution in [0.3, 0.4) is 0 Å². The maximum atomic E-state index is 12.6. The fourth-order valence-electron chi connectivity index (χ4n) is 3.63. The van der Waals surface area contributed by atoms with Gasteiger partial charge >= 0.3 is 0 Å². The van der Waals surface area contributed by atoms with Gasteiger partial charge in [0, 0.05) is 25.7 Å². The molecule has 0 radical (unpaired) electrons. The van der Waals surface area contributed by atoms with Gasteiger partial charge in [-0.2, -0.15) is 0 Å². The first-order valence-corrected chi connectivity index (χ1v) is 11.0. The number of piperidine rings is 1. The van der Waals surface area contributed by atoms with Crippen molar-refractivity contribution in [1.82, 2.24) is 15.5 Å². The number of alkyl halides is 2. The van der Waals surface area contributed by atoms with Gasteiger partial charge in [-0.25, -0.2) is 13.8 Å². The number of rotatable bonds is 9. The van der Waals surface area contributed by atoms with Crippen LogP contribution in [0, 0.1) is 0 Å². The molecule has 0 bridgehead atoms. The van der Waals surface area contributed by atoms with Gasteiger partial charge in [-0.15, -0.1) is 0 Å². The van der Waals surface area contributed by atoms with Crippen molar-refractivity contribution >= 4 is 5.96 Å². The van der Waals surface area contributed by atoms with Crippen LogP contribution in [0.1, 0.15) is 25.3 Å². The van der Waals surface area contributed by atoms with Crippen molar-refractivity contribution in [2.75, 3.05) is 33.3 Å². The SMILES string of the molecule is CCNC(=NCc1ccc(Oc2ccccc2OC)cc1)NC1CCN(CC(F)F)CC1. The molecule has 8 heteroatoms. The van der Waals surface area contributed by atoms with Crippen LogP contribution in [0.25, 0.3) is 0 Å². The zero-order valence-electron chi connectivity index (χ0n) is 18.7. The van der Waals surface area contributed by atoms with Crippen LogP contribution in [-0.4, -0.2) is 56.6 Å². The number of aliphatic imine (C=N–C) groups is 1. The smallest absolute Gasteiger partial charge is 0.251 e. The fraction of sp³-hybridized carbons (Fsp3) is 0.458. The van der Waals surface area contributed by atoms with Gasteiger partial charge in [-0.1, -0.05) is 24.3 Å². The largest absolute Gasteiger partial charge is 0.493 e. The molecule has 0 atom stereocenters. The van der Waals surface area contributed by atoms with Crippen molar-refractivity contribution in [3.63, 3.8) is 0 Å². The Labute approximate surface area is 188 Å². The van der Waals surface area contributed by atoms with Gasteiger partial charge in [0.1, 0.15) is 5.75 Å².